The molecule has 0 bridgehead atoms. The van der Waals surface area contributed by atoms with Gasteiger partial charge in [0.15, 0.2) is 0 Å². The van der Waals surface area contributed by atoms with Gasteiger partial charge in [-0.15, -0.1) is 0 Å². The summed E-state index contributed by atoms with van der Waals surface area (Å²) < 4.78 is 0. The van der Waals surface area contributed by atoms with Crippen molar-refractivity contribution in [3.05, 3.63) is 84.9 Å². The molecule has 0 amide bonds. The van der Waals surface area contributed by atoms with Crippen LogP contribution in [0.25, 0.3) is 0 Å². The molecule has 3 rings (SSSR count). The number of nitrogens with zero attached hydrogens (tertiary/aromatic N) is 2. The van der Waals surface area contributed by atoms with Crippen LogP contribution in [0.3, 0.4) is 0 Å². The van der Waals surface area contributed by atoms with Crippen LogP contribution in [0.4, 0.5) is 22.7 Å². The van der Waals surface area contributed by atoms with Crippen LogP contribution >= 0.6 is 0 Å². The molecule has 3 aromatic carbocycles. The van der Waals surface area contributed by atoms with Gasteiger partial charge in [0.2, 0.25) is 0 Å². The van der Waals surface area contributed by atoms with Crippen LogP contribution in [0.15, 0.2) is 84.9 Å². The number of para-hydroxylation sites is 2. The molecule has 0 aliphatic heterocycles. The van der Waals surface area contributed by atoms with E-state index in [2.05, 4.69) is 109 Å². The van der Waals surface area contributed by atoms with Crippen LogP contribution < -0.4 is 9.80 Å². The Hall–Kier alpha value is -2.74. The topological polar surface area (TPSA) is 6.48 Å². The first-order valence-corrected chi connectivity index (χ1v) is 8.58. The normalized spacial score (nSPS) is 10.4. The van der Waals surface area contributed by atoms with E-state index in [0.717, 1.165) is 13.1 Å². The van der Waals surface area contributed by atoms with E-state index in [1.54, 1.807) is 0 Å². The second kappa shape index (κ2) is 7.69. The van der Waals surface area contributed by atoms with Crippen LogP contribution in [0.5, 0.6) is 0 Å². The fourth-order valence-corrected chi connectivity index (χ4v) is 3.00. The van der Waals surface area contributed by atoms with Gasteiger partial charge in [-0.3, -0.25) is 0 Å². The Labute approximate surface area is 145 Å². The van der Waals surface area contributed by atoms with Gasteiger partial charge in [0.1, 0.15) is 0 Å². The van der Waals surface area contributed by atoms with E-state index in [-0.39, 0.29) is 0 Å². The lowest BCUT2D eigenvalue weighted by molar-refractivity contribution is 0.866. The minimum absolute atomic E-state index is 1.02. The van der Waals surface area contributed by atoms with Gasteiger partial charge in [0, 0.05) is 35.8 Å². The van der Waals surface area contributed by atoms with E-state index in [4.69, 9.17) is 0 Å². The zero-order chi connectivity index (χ0) is 16.8. The number of benzene rings is 3. The molecule has 0 aliphatic carbocycles. The highest BCUT2D eigenvalue weighted by atomic mass is 15.1. The van der Waals surface area contributed by atoms with Crippen molar-refractivity contribution in [3.63, 3.8) is 0 Å². The molecule has 0 radical (unpaired) electrons. The van der Waals surface area contributed by atoms with Crippen molar-refractivity contribution in [2.45, 2.75) is 13.8 Å². The first-order chi connectivity index (χ1) is 11.8. The van der Waals surface area contributed by atoms with Gasteiger partial charge in [-0.05, 0) is 62.4 Å². The molecule has 0 N–H and O–H groups in total. The average molecular weight is 316 g/mol. The highest BCUT2D eigenvalue weighted by Gasteiger charge is 2.12. The van der Waals surface area contributed by atoms with Crippen LogP contribution in [-0.4, -0.2) is 13.1 Å². The van der Waals surface area contributed by atoms with Crippen molar-refractivity contribution in [3.8, 4) is 0 Å². The maximum Gasteiger partial charge on any atom is 0.0463 e. The lowest BCUT2D eigenvalue weighted by Crippen LogP contribution is -2.21. The van der Waals surface area contributed by atoms with Crippen molar-refractivity contribution in [2.24, 2.45) is 0 Å². The largest absolute Gasteiger partial charge is 0.372 e. The molecule has 0 saturated carbocycles. The number of anilines is 4. The fraction of sp³-hybridized carbons (Fsp3) is 0.182. The fourth-order valence-electron chi connectivity index (χ4n) is 3.00. The van der Waals surface area contributed by atoms with Gasteiger partial charge in [0.05, 0.1) is 0 Å². The molecule has 3 aromatic rings. The smallest absolute Gasteiger partial charge is 0.0463 e. The Kier molecular flexibility index (Phi) is 5.17. The van der Waals surface area contributed by atoms with Crippen LogP contribution in [0, 0.1) is 0 Å². The first-order valence-electron chi connectivity index (χ1n) is 8.58. The van der Waals surface area contributed by atoms with E-state index in [9.17, 15) is 0 Å². The molecule has 0 atom stereocenters. The molecule has 2 nitrogen and oxygen atoms in total. The molecular weight excluding hydrogens is 292 g/mol. The van der Waals surface area contributed by atoms with E-state index >= 15 is 0 Å². The molecule has 0 aromatic heterocycles. The summed E-state index contributed by atoms with van der Waals surface area (Å²) in [6, 6.07) is 29.8. The van der Waals surface area contributed by atoms with E-state index in [1.165, 1.54) is 22.7 Å². The van der Waals surface area contributed by atoms with Crippen molar-refractivity contribution in [1.82, 2.24) is 0 Å². The Bertz CT molecular complexity index is 692. The van der Waals surface area contributed by atoms with Gasteiger partial charge in [-0.25, -0.2) is 0 Å². The van der Waals surface area contributed by atoms with Gasteiger partial charge in [-0.1, -0.05) is 36.4 Å². The van der Waals surface area contributed by atoms with Gasteiger partial charge >= 0.3 is 0 Å². The third kappa shape index (κ3) is 3.43. The summed E-state index contributed by atoms with van der Waals surface area (Å²) in [6.07, 6.45) is 0. The van der Waals surface area contributed by atoms with Crippen molar-refractivity contribution < 1.29 is 0 Å². The Morgan fingerprint density at radius 2 is 0.875 bits per heavy atom. The summed E-state index contributed by atoms with van der Waals surface area (Å²) >= 11 is 0. The van der Waals surface area contributed by atoms with Gasteiger partial charge in [0.25, 0.3) is 0 Å². The van der Waals surface area contributed by atoms with Gasteiger partial charge in [-0.2, -0.15) is 0 Å². The Balaban J connectivity index is 2.00. The molecule has 2 heteroatoms. The zero-order valence-corrected chi connectivity index (χ0v) is 14.4. The quantitative estimate of drug-likeness (QED) is 0.550. The van der Waals surface area contributed by atoms with Crippen LogP contribution in [-0.2, 0) is 0 Å². The van der Waals surface area contributed by atoms with E-state index < -0.39 is 0 Å². The number of hydrogen-bond acceptors (Lipinski definition) is 2. The summed E-state index contributed by atoms with van der Waals surface area (Å²) in [5.41, 5.74) is 4.77. The summed E-state index contributed by atoms with van der Waals surface area (Å²) in [7, 11) is 0. The maximum atomic E-state index is 2.36. The number of hydrogen-bond donors (Lipinski definition) is 0. The SMILES string of the molecule is CCN(CC)c1ccc(N(c2ccccc2)c2ccccc2)cc1. The van der Waals surface area contributed by atoms with Crippen LogP contribution in [0.1, 0.15) is 13.8 Å². The zero-order valence-electron chi connectivity index (χ0n) is 14.4. The second-order valence-electron chi connectivity index (χ2n) is 5.70. The molecule has 24 heavy (non-hydrogen) atoms. The lowest BCUT2D eigenvalue weighted by atomic mass is 10.1. The molecule has 0 saturated heterocycles. The molecule has 0 heterocycles. The number of rotatable bonds is 6. The highest BCUT2D eigenvalue weighted by molar-refractivity contribution is 5.77. The first kappa shape index (κ1) is 16.1. The third-order valence-corrected chi connectivity index (χ3v) is 4.27. The monoisotopic (exact) mass is 316 g/mol. The lowest BCUT2D eigenvalue weighted by Gasteiger charge is -2.27. The van der Waals surface area contributed by atoms with Crippen molar-refractivity contribution in [1.29, 1.82) is 0 Å². The average Bonchev–Trinajstić information content (AvgIpc) is 2.66. The summed E-state index contributed by atoms with van der Waals surface area (Å²) in [5, 5.41) is 0. The minimum atomic E-state index is 1.02. The minimum Gasteiger partial charge on any atom is -0.372 e. The standard InChI is InChI=1S/C22H24N2/c1-3-23(4-2)19-15-17-22(18-16-19)24(20-11-7-5-8-12-20)21-13-9-6-10-14-21/h5-18H,3-4H2,1-2H3. The molecule has 0 unspecified atom stereocenters. The molecular formula is C22H24N2. The summed E-state index contributed by atoms with van der Waals surface area (Å²) in [4.78, 5) is 4.64. The predicted octanol–water partition coefficient (Wildman–Crippen LogP) is 6.00. The predicted molar refractivity (Wildman–Crippen MR) is 105 cm³/mol. The molecule has 122 valence electrons. The summed E-state index contributed by atoms with van der Waals surface area (Å²) in [5.74, 6) is 0. The summed E-state index contributed by atoms with van der Waals surface area (Å²) in [6.45, 7) is 6.43. The van der Waals surface area contributed by atoms with E-state index in [0.29, 0.717) is 0 Å². The van der Waals surface area contributed by atoms with Crippen molar-refractivity contribution in [2.75, 3.05) is 22.9 Å². The Morgan fingerprint density at radius 1 is 0.500 bits per heavy atom. The van der Waals surface area contributed by atoms with Crippen molar-refractivity contribution >= 4 is 22.7 Å². The third-order valence-electron chi connectivity index (χ3n) is 4.27. The van der Waals surface area contributed by atoms with E-state index in [1.807, 2.05) is 0 Å². The van der Waals surface area contributed by atoms with Crippen LogP contribution in [0.2, 0.25) is 0 Å². The highest BCUT2D eigenvalue weighted by Crippen LogP contribution is 2.34. The Morgan fingerprint density at radius 3 is 1.29 bits per heavy atom. The maximum absolute atomic E-state index is 2.36. The van der Waals surface area contributed by atoms with Gasteiger partial charge < -0.3 is 9.80 Å². The molecule has 0 aliphatic rings. The molecule has 0 fully saturated rings. The molecule has 0 spiro atoms. The second-order valence-corrected chi connectivity index (χ2v) is 5.70.